The molecule has 0 aliphatic rings. The van der Waals surface area contributed by atoms with Crippen LogP contribution in [-0.4, -0.2) is 23.0 Å². The summed E-state index contributed by atoms with van der Waals surface area (Å²) in [4.78, 5) is 15.9. The number of ketones is 1. The standard InChI is InChI=1S/C15H18N2O3/c1-10(2)13(18)9-15-16-14(17-20-15)8-11-5-4-6-12(7-11)19-3/h4-7,10H,8-9H2,1-3H3. The molecule has 0 saturated heterocycles. The van der Waals surface area contributed by atoms with Gasteiger partial charge in [0.25, 0.3) is 0 Å². The molecule has 0 fully saturated rings. The molecule has 5 nitrogen and oxygen atoms in total. The van der Waals surface area contributed by atoms with E-state index in [2.05, 4.69) is 10.1 Å². The molecule has 1 aromatic carbocycles. The minimum Gasteiger partial charge on any atom is -0.497 e. The fourth-order valence-corrected chi connectivity index (χ4v) is 1.75. The number of aromatic nitrogens is 2. The van der Waals surface area contributed by atoms with E-state index in [1.165, 1.54) is 0 Å². The predicted molar refractivity (Wildman–Crippen MR) is 73.6 cm³/mol. The number of nitrogens with zero attached hydrogens (tertiary/aromatic N) is 2. The Morgan fingerprint density at radius 3 is 2.90 bits per heavy atom. The minimum absolute atomic E-state index is 0.0243. The third-order valence-electron chi connectivity index (χ3n) is 2.98. The zero-order valence-electron chi connectivity index (χ0n) is 11.9. The summed E-state index contributed by atoms with van der Waals surface area (Å²) >= 11 is 0. The number of benzene rings is 1. The Morgan fingerprint density at radius 2 is 2.20 bits per heavy atom. The number of Topliss-reactive ketones (excluding diaryl/α,β-unsaturated/α-hetero) is 1. The molecule has 0 amide bonds. The van der Waals surface area contributed by atoms with Crippen molar-refractivity contribution in [2.45, 2.75) is 26.7 Å². The molecular formula is C15H18N2O3. The van der Waals surface area contributed by atoms with Crippen LogP contribution in [0.5, 0.6) is 5.75 Å². The van der Waals surface area contributed by atoms with Gasteiger partial charge in [0, 0.05) is 12.3 Å². The predicted octanol–water partition coefficient (Wildman–Crippen LogP) is 2.44. The monoisotopic (exact) mass is 274 g/mol. The molecule has 2 rings (SSSR count). The normalized spacial score (nSPS) is 10.8. The molecule has 20 heavy (non-hydrogen) atoms. The minimum atomic E-state index is -0.0243. The topological polar surface area (TPSA) is 65.2 Å². The number of carbonyl (C=O) groups is 1. The van der Waals surface area contributed by atoms with Crippen molar-refractivity contribution in [2.24, 2.45) is 5.92 Å². The number of carbonyl (C=O) groups excluding carboxylic acids is 1. The van der Waals surface area contributed by atoms with Crippen LogP contribution in [0.25, 0.3) is 0 Å². The third kappa shape index (κ3) is 3.66. The SMILES string of the molecule is COc1cccc(Cc2noc(CC(=O)C(C)C)n2)c1. The molecule has 1 heterocycles. The first-order chi connectivity index (χ1) is 9.58. The highest BCUT2D eigenvalue weighted by atomic mass is 16.5. The number of hydrogen-bond acceptors (Lipinski definition) is 5. The Kier molecular flexibility index (Phi) is 4.50. The Bertz CT molecular complexity index is 590. The second kappa shape index (κ2) is 6.32. The molecule has 0 radical (unpaired) electrons. The van der Waals surface area contributed by atoms with Crippen LogP contribution in [0.1, 0.15) is 31.1 Å². The highest BCUT2D eigenvalue weighted by molar-refractivity contribution is 5.81. The largest absolute Gasteiger partial charge is 0.497 e. The molecule has 0 atom stereocenters. The van der Waals surface area contributed by atoms with Crippen molar-refractivity contribution in [3.8, 4) is 5.75 Å². The van der Waals surface area contributed by atoms with E-state index in [9.17, 15) is 4.79 Å². The van der Waals surface area contributed by atoms with Gasteiger partial charge < -0.3 is 9.26 Å². The summed E-state index contributed by atoms with van der Waals surface area (Å²) in [7, 11) is 1.63. The fourth-order valence-electron chi connectivity index (χ4n) is 1.75. The van der Waals surface area contributed by atoms with Crippen molar-refractivity contribution < 1.29 is 14.1 Å². The van der Waals surface area contributed by atoms with Crippen LogP contribution < -0.4 is 4.74 Å². The van der Waals surface area contributed by atoms with E-state index >= 15 is 0 Å². The Morgan fingerprint density at radius 1 is 1.40 bits per heavy atom. The van der Waals surface area contributed by atoms with Gasteiger partial charge in [-0.05, 0) is 17.7 Å². The van der Waals surface area contributed by atoms with Gasteiger partial charge in [-0.3, -0.25) is 4.79 Å². The summed E-state index contributed by atoms with van der Waals surface area (Å²) in [5.74, 6) is 1.82. The molecule has 0 spiro atoms. The van der Waals surface area contributed by atoms with E-state index in [1.807, 2.05) is 38.1 Å². The Labute approximate surface area is 118 Å². The summed E-state index contributed by atoms with van der Waals surface area (Å²) in [6.07, 6.45) is 0.749. The zero-order valence-corrected chi connectivity index (χ0v) is 11.9. The third-order valence-corrected chi connectivity index (χ3v) is 2.98. The van der Waals surface area contributed by atoms with Gasteiger partial charge >= 0.3 is 0 Å². The molecule has 0 aliphatic carbocycles. The maximum absolute atomic E-state index is 11.6. The van der Waals surface area contributed by atoms with Crippen LogP contribution >= 0.6 is 0 Å². The van der Waals surface area contributed by atoms with Gasteiger partial charge in [-0.25, -0.2) is 0 Å². The van der Waals surface area contributed by atoms with Gasteiger partial charge in [-0.2, -0.15) is 4.98 Å². The first-order valence-corrected chi connectivity index (χ1v) is 6.55. The number of rotatable bonds is 6. The number of ether oxygens (including phenoxy) is 1. The molecule has 0 saturated carbocycles. The summed E-state index contributed by atoms with van der Waals surface area (Å²) in [5, 5.41) is 3.90. The lowest BCUT2D eigenvalue weighted by Gasteiger charge is -2.01. The van der Waals surface area contributed by atoms with Gasteiger partial charge in [0.1, 0.15) is 11.5 Å². The van der Waals surface area contributed by atoms with Gasteiger partial charge in [0.2, 0.25) is 5.89 Å². The van der Waals surface area contributed by atoms with Gasteiger partial charge in [0.05, 0.1) is 13.5 Å². The molecule has 0 bridgehead atoms. The van der Waals surface area contributed by atoms with Crippen LogP contribution in [0, 0.1) is 5.92 Å². The Hall–Kier alpha value is -2.17. The van der Waals surface area contributed by atoms with Crippen LogP contribution in [0.2, 0.25) is 0 Å². The van der Waals surface area contributed by atoms with Crippen molar-refractivity contribution in [3.05, 3.63) is 41.5 Å². The van der Waals surface area contributed by atoms with Crippen molar-refractivity contribution in [1.82, 2.24) is 10.1 Å². The quantitative estimate of drug-likeness (QED) is 0.809. The smallest absolute Gasteiger partial charge is 0.234 e. The molecule has 0 aliphatic heterocycles. The van der Waals surface area contributed by atoms with E-state index < -0.39 is 0 Å². The highest BCUT2D eigenvalue weighted by Crippen LogP contribution is 2.15. The number of hydrogen-bond donors (Lipinski definition) is 0. The molecular weight excluding hydrogens is 256 g/mol. The lowest BCUT2D eigenvalue weighted by atomic mass is 10.1. The van der Waals surface area contributed by atoms with E-state index in [4.69, 9.17) is 9.26 Å². The van der Waals surface area contributed by atoms with E-state index in [0.717, 1.165) is 11.3 Å². The van der Waals surface area contributed by atoms with Crippen molar-refractivity contribution in [3.63, 3.8) is 0 Å². The second-order valence-electron chi connectivity index (χ2n) is 4.93. The molecule has 1 aromatic heterocycles. The van der Waals surface area contributed by atoms with Crippen molar-refractivity contribution >= 4 is 5.78 Å². The Balaban J connectivity index is 2.03. The highest BCUT2D eigenvalue weighted by Gasteiger charge is 2.14. The molecule has 0 N–H and O–H groups in total. The maximum Gasteiger partial charge on any atom is 0.234 e. The van der Waals surface area contributed by atoms with Crippen LogP contribution in [0.15, 0.2) is 28.8 Å². The van der Waals surface area contributed by atoms with Gasteiger partial charge in [-0.1, -0.05) is 31.1 Å². The second-order valence-corrected chi connectivity index (χ2v) is 4.93. The average Bonchev–Trinajstić information content (AvgIpc) is 2.86. The fraction of sp³-hybridized carbons (Fsp3) is 0.400. The summed E-state index contributed by atoms with van der Waals surface area (Å²) < 4.78 is 10.3. The van der Waals surface area contributed by atoms with Crippen LogP contribution in [0.4, 0.5) is 0 Å². The van der Waals surface area contributed by atoms with Gasteiger partial charge in [-0.15, -0.1) is 0 Å². The zero-order chi connectivity index (χ0) is 14.5. The van der Waals surface area contributed by atoms with E-state index in [1.54, 1.807) is 7.11 Å². The molecule has 5 heteroatoms. The first-order valence-electron chi connectivity index (χ1n) is 6.55. The lowest BCUT2D eigenvalue weighted by Crippen LogP contribution is -2.10. The molecule has 106 valence electrons. The van der Waals surface area contributed by atoms with Crippen molar-refractivity contribution in [1.29, 1.82) is 0 Å². The van der Waals surface area contributed by atoms with Crippen LogP contribution in [-0.2, 0) is 17.6 Å². The summed E-state index contributed by atoms with van der Waals surface area (Å²) in [6.45, 7) is 3.71. The van der Waals surface area contributed by atoms with E-state index in [-0.39, 0.29) is 18.1 Å². The van der Waals surface area contributed by atoms with Gasteiger partial charge in [0.15, 0.2) is 5.82 Å². The average molecular weight is 274 g/mol. The maximum atomic E-state index is 11.6. The molecule has 0 unspecified atom stereocenters. The van der Waals surface area contributed by atoms with E-state index in [0.29, 0.717) is 18.1 Å². The van der Waals surface area contributed by atoms with Crippen molar-refractivity contribution in [2.75, 3.05) is 7.11 Å². The van der Waals surface area contributed by atoms with Crippen LogP contribution in [0.3, 0.4) is 0 Å². The first kappa shape index (κ1) is 14.2. The lowest BCUT2D eigenvalue weighted by molar-refractivity contribution is -0.121. The summed E-state index contributed by atoms with van der Waals surface area (Å²) in [5.41, 5.74) is 1.03. The number of methoxy groups -OCH3 is 1. The summed E-state index contributed by atoms with van der Waals surface area (Å²) in [6, 6.07) is 7.69. The molecule has 2 aromatic rings.